The Balaban J connectivity index is 0. The van der Waals surface area contributed by atoms with Crippen LogP contribution in [-0.2, 0) is 4.79 Å². The van der Waals surface area contributed by atoms with Crippen LogP contribution in [-0.4, -0.2) is 70.2 Å². The van der Waals surface area contributed by atoms with Crippen molar-refractivity contribution in [1.29, 1.82) is 0 Å². The Labute approximate surface area is 122 Å². The first-order chi connectivity index (χ1) is 5.29. The van der Waals surface area contributed by atoms with Gasteiger partial charge in [-0.1, -0.05) is 30.3 Å². The molecule has 4 heteroatoms. The SMILES string of the molecule is O=C(O)C=Cc1ccccc1.[NaH].[NaH]. The van der Waals surface area contributed by atoms with Crippen LogP contribution < -0.4 is 0 Å². The van der Waals surface area contributed by atoms with Gasteiger partial charge in [-0.25, -0.2) is 4.79 Å². The van der Waals surface area contributed by atoms with E-state index in [1.165, 1.54) is 0 Å². The van der Waals surface area contributed by atoms with E-state index in [0.717, 1.165) is 11.6 Å². The van der Waals surface area contributed by atoms with Gasteiger partial charge < -0.3 is 5.11 Å². The summed E-state index contributed by atoms with van der Waals surface area (Å²) in [5, 5.41) is 8.29. The minimum absolute atomic E-state index is 0. The first-order valence-electron chi connectivity index (χ1n) is 3.25. The van der Waals surface area contributed by atoms with E-state index in [-0.39, 0.29) is 59.1 Å². The Hall–Kier alpha value is 0.430. The topological polar surface area (TPSA) is 37.3 Å². The number of carboxylic acids is 1. The molecule has 0 aliphatic carbocycles. The average Bonchev–Trinajstić information content (AvgIpc) is 2.03. The van der Waals surface area contributed by atoms with Crippen LogP contribution in [0.5, 0.6) is 0 Å². The summed E-state index contributed by atoms with van der Waals surface area (Å²) in [4.78, 5) is 10.1. The van der Waals surface area contributed by atoms with Crippen LogP contribution in [0.15, 0.2) is 36.4 Å². The van der Waals surface area contributed by atoms with Crippen molar-refractivity contribution in [2.24, 2.45) is 0 Å². The van der Waals surface area contributed by atoms with E-state index >= 15 is 0 Å². The Bertz CT molecular complexity index is 270. The Kier molecular flexibility index (Phi) is 11.0. The van der Waals surface area contributed by atoms with Gasteiger partial charge in [-0.05, 0) is 11.6 Å². The third-order valence-electron chi connectivity index (χ3n) is 1.22. The molecule has 60 valence electrons. The van der Waals surface area contributed by atoms with E-state index < -0.39 is 5.97 Å². The zero-order valence-electron chi connectivity index (χ0n) is 5.90. The number of rotatable bonds is 2. The summed E-state index contributed by atoms with van der Waals surface area (Å²) in [5.74, 6) is -0.922. The molecule has 0 heterocycles. The van der Waals surface area contributed by atoms with Gasteiger partial charge in [0.2, 0.25) is 0 Å². The van der Waals surface area contributed by atoms with E-state index in [4.69, 9.17) is 5.11 Å². The van der Waals surface area contributed by atoms with Crippen LogP contribution >= 0.6 is 0 Å². The van der Waals surface area contributed by atoms with Crippen molar-refractivity contribution >= 4 is 71.2 Å². The zero-order valence-corrected chi connectivity index (χ0v) is 5.90. The molecule has 1 N–H and O–H groups in total. The van der Waals surface area contributed by atoms with E-state index in [1.807, 2.05) is 30.3 Å². The summed E-state index contributed by atoms with van der Waals surface area (Å²) < 4.78 is 0. The molecule has 0 fully saturated rings. The molecule has 0 amide bonds. The fraction of sp³-hybridized carbons (Fsp3) is 0. The molecular weight excluding hydrogens is 186 g/mol. The predicted octanol–water partition coefficient (Wildman–Crippen LogP) is 0.487. The van der Waals surface area contributed by atoms with Crippen LogP contribution in [0.25, 0.3) is 6.08 Å². The summed E-state index contributed by atoms with van der Waals surface area (Å²) in [7, 11) is 0. The Morgan fingerprint density at radius 1 is 1.15 bits per heavy atom. The molecule has 1 aromatic rings. The molecule has 1 aromatic carbocycles. The summed E-state index contributed by atoms with van der Waals surface area (Å²) in [6.07, 6.45) is 2.68. The van der Waals surface area contributed by atoms with Crippen LogP contribution in [0.4, 0.5) is 0 Å². The van der Waals surface area contributed by atoms with Gasteiger partial charge in [0.25, 0.3) is 0 Å². The quantitative estimate of drug-likeness (QED) is 0.552. The van der Waals surface area contributed by atoms with Crippen LogP contribution in [0, 0.1) is 0 Å². The van der Waals surface area contributed by atoms with Crippen LogP contribution in [0.3, 0.4) is 0 Å². The molecule has 2 nitrogen and oxygen atoms in total. The molecule has 0 aliphatic heterocycles. The first-order valence-corrected chi connectivity index (χ1v) is 3.25. The maximum atomic E-state index is 10.1. The maximum absolute atomic E-state index is 10.1. The number of benzene rings is 1. The molecule has 0 bridgehead atoms. The summed E-state index contributed by atoms with van der Waals surface area (Å²) in [6.45, 7) is 0. The monoisotopic (exact) mass is 196 g/mol. The second kappa shape index (κ2) is 9.00. The first kappa shape index (κ1) is 15.9. The van der Waals surface area contributed by atoms with E-state index in [0.29, 0.717) is 0 Å². The van der Waals surface area contributed by atoms with Crippen molar-refractivity contribution < 1.29 is 9.90 Å². The molecule has 0 saturated heterocycles. The van der Waals surface area contributed by atoms with Gasteiger partial charge >= 0.3 is 65.1 Å². The second-order valence-electron chi connectivity index (χ2n) is 2.08. The third kappa shape index (κ3) is 7.50. The van der Waals surface area contributed by atoms with Gasteiger partial charge in [-0.15, -0.1) is 0 Å². The van der Waals surface area contributed by atoms with Gasteiger partial charge in [-0.2, -0.15) is 0 Å². The van der Waals surface area contributed by atoms with Crippen molar-refractivity contribution in [3.8, 4) is 0 Å². The molecule has 0 atom stereocenters. The summed E-state index contributed by atoms with van der Waals surface area (Å²) in [5.41, 5.74) is 0.898. The van der Waals surface area contributed by atoms with Crippen LogP contribution in [0.2, 0.25) is 0 Å². The molecular formula is C9H10Na2O2. The Morgan fingerprint density at radius 3 is 2.15 bits per heavy atom. The summed E-state index contributed by atoms with van der Waals surface area (Å²) >= 11 is 0. The van der Waals surface area contributed by atoms with E-state index in [1.54, 1.807) is 6.08 Å². The number of carboxylic acid groups (broad SMARTS) is 1. The van der Waals surface area contributed by atoms with Gasteiger partial charge in [0.05, 0.1) is 0 Å². The van der Waals surface area contributed by atoms with Crippen molar-refractivity contribution in [3.63, 3.8) is 0 Å². The Morgan fingerprint density at radius 2 is 1.69 bits per heavy atom. The average molecular weight is 196 g/mol. The number of hydrogen-bond donors (Lipinski definition) is 1. The molecule has 0 aliphatic rings. The fourth-order valence-electron chi connectivity index (χ4n) is 0.732. The molecule has 0 unspecified atom stereocenters. The predicted molar refractivity (Wildman–Crippen MR) is 57.4 cm³/mol. The van der Waals surface area contributed by atoms with Crippen LogP contribution in [0.1, 0.15) is 5.56 Å². The number of aliphatic carboxylic acids is 1. The molecule has 0 spiro atoms. The van der Waals surface area contributed by atoms with Crippen molar-refractivity contribution in [3.05, 3.63) is 42.0 Å². The van der Waals surface area contributed by atoms with Gasteiger partial charge in [0, 0.05) is 6.08 Å². The standard InChI is InChI=1S/C9H8O2.2Na.2H/c10-9(11)7-6-8-4-2-1-3-5-8;;;;/h1-7H,(H,10,11);;;;. The summed E-state index contributed by atoms with van der Waals surface area (Å²) in [6, 6.07) is 9.31. The van der Waals surface area contributed by atoms with Gasteiger partial charge in [0.15, 0.2) is 0 Å². The number of hydrogen-bond acceptors (Lipinski definition) is 1. The second-order valence-corrected chi connectivity index (χ2v) is 2.08. The third-order valence-corrected chi connectivity index (χ3v) is 1.22. The molecule has 13 heavy (non-hydrogen) atoms. The molecule has 0 radical (unpaired) electrons. The van der Waals surface area contributed by atoms with Crippen molar-refractivity contribution in [2.45, 2.75) is 0 Å². The normalized spacial score (nSPS) is 8.62. The zero-order chi connectivity index (χ0) is 8.10. The fourth-order valence-corrected chi connectivity index (χ4v) is 0.732. The van der Waals surface area contributed by atoms with E-state index in [9.17, 15) is 4.79 Å². The molecule has 1 rings (SSSR count). The van der Waals surface area contributed by atoms with Gasteiger partial charge in [-0.3, -0.25) is 0 Å². The molecule has 0 aromatic heterocycles. The van der Waals surface area contributed by atoms with Gasteiger partial charge in [0.1, 0.15) is 0 Å². The number of carbonyl (C=O) groups is 1. The van der Waals surface area contributed by atoms with Crippen molar-refractivity contribution in [2.75, 3.05) is 0 Å². The minimum atomic E-state index is -0.922. The van der Waals surface area contributed by atoms with E-state index in [2.05, 4.69) is 0 Å². The molecule has 0 saturated carbocycles. The van der Waals surface area contributed by atoms with Crippen molar-refractivity contribution in [1.82, 2.24) is 0 Å².